The topological polar surface area (TPSA) is 54.0 Å². The minimum atomic E-state index is -0.0820. The average Bonchev–Trinajstić information content (AvgIpc) is 2.81. The number of rotatable bonds is 4. The van der Waals surface area contributed by atoms with Gasteiger partial charge in [-0.1, -0.05) is 18.2 Å². The van der Waals surface area contributed by atoms with E-state index in [0.717, 1.165) is 10.8 Å². The summed E-state index contributed by atoms with van der Waals surface area (Å²) in [4.78, 5) is 15.5. The van der Waals surface area contributed by atoms with Crippen LogP contribution in [-0.4, -0.2) is 17.4 Å². The Labute approximate surface area is 97.3 Å². The maximum Gasteiger partial charge on any atom is 0.243 e. The van der Waals surface area contributed by atoms with Crippen molar-refractivity contribution >= 4 is 28.1 Å². The second kappa shape index (κ2) is 5.27. The highest BCUT2D eigenvalue weighted by Crippen LogP contribution is 2.10. The van der Waals surface area contributed by atoms with Gasteiger partial charge in [-0.05, 0) is 12.1 Å². The Kier molecular flexibility index (Phi) is 3.50. The lowest BCUT2D eigenvalue weighted by atomic mass is 10.3. The van der Waals surface area contributed by atoms with Crippen LogP contribution in [0.1, 0.15) is 0 Å². The van der Waals surface area contributed by atoms with Crippen LogP contribution in [0.25, 0.3) is 0 Å². The Morgan fingerprint density at radius 3 is 2.81 bits per heavy atom. The molecule has 1 amide bonds. The maximum atomic E-state index is 11.5. The van der Waals surface area contributed by atoms with Gasteiger partial charge in [0.2, 0.25) is 5.91 Å². The molecule has 2 aromatic rings. The summed E-state index contributed by atoms with van der Waals surface area (Å²) < 4.78 is 0. The molecule has 1 heterocycles. The van der Waals surface area contributed by atoms with Gasteiger partial charge in [-0.25, -0.2) is 4.98 Å². The zero-order chi connectivity index (χ0) is 11.2. The molecule has 0 radical (unpaired) electrons. The van der Waals surface area contributed by atoms with Crippen molar-refractivity contribution in [2.45, 2.75) is 0 Å². The average molecular weight is 233 g/mol. The van der Waals surface area contributed by atoms with Crippen LogP contribution in [0.4, 0.5) is 10.8 Å². The fourth-order valence-electron chi connectivity index (χ4n) is 1.19. The molecule has 82 valence electrons. The first-order chi connectivity index (χ1) is 7.84. The summed E-state index contributed by atoms with van der Waals surface area (Å²) in [5, 5.41) is 8.33. The predicted octanol–water partition coefficient (Wildman–Crippen LogP) is 2.19. The zero-order valence-electron chi connectivity index (χ0n) is 8.51. The lowest BCUT2D eigenvalue weighted by molar-refractivity contribution is -0.114. The van der Waals surface area contributed by atoms with Crippen molar-refractivity contribution in [1.82, 2.24) is 4.98 Å². The molecule has 0 aliphatic heterocycles. The number of benzene rings is 1. The number of carbonyl (C=O) groups is 1. The summed E-state index contributed by atoms with van der Waals surface area (Å²) in [7, 11) is 0. The van der Waals surface area contributed by atoms with Crippen LogP contribution in [0, 0.1) is 0 Å². The SMILES string of the molecule is O=C(CNc1nccs1)Nc1ccccc1. The number of amides is 1. The van der Waals surface area contributed by atoms with Crippen molar-refractivity contribution in [1.29, 1.82) is 0 Å². The van der Waals surface area contributed by atoms with Crippen molar-refractivity contribution in [3.05, 3.63) is 41.9 Å². The highest BCUT2D eigenvalue weighted by Gasteiger charge is 2.02. The quantitative estimate of drug-likeness (QED) is 0.851. The molecule has 0 atom stereocenters. The predicted molar refractivity (Wildman–Crippen MR) is 65.7 cm³/mol. The summed E-state index contributed by atoms with van der Waals surface area (Å²) >= 11 is 1.47. The van der Waals surface area contributed by atoms with Crippen LogP contribution >= 0.6 is 11.3 Å². The number of para-hydroxylation sites is 1. The van der Waals surface area contributed by atoms with Crippen molar-refractivity contribution in [2.24, 2.45) is 0 Å². The molecule has 16 heavy (non-hydrogen) atoms. The molecular weight excluding hydrogens is 222 g/mol. The molecule has 0 unspecified atom stereocenters. The smallest absolute Gasteiger partial charge is 0.243 e. The van der Waals surface area contributed by atoms with Crippen LogP contribution in [-0.2, 0) is 4.79 Å². The van der Waals surface area contributed by atoms with E-state index in [1.54, 1.807) is 6.20 Å². The number of hydrogen-bond acceptors (Lipinski definition) is 4. The van der Waals surface area contributed by atoms with Crippen molar-refractivity contribution in [3.8, 4) is 0 Å². The summed E-state index contributed by atoms with van der Waals surface area (Å²) in [5.41, 5.74) is 0.799. The zero-order valence-corrected chi connectivity index (χ0v) is 9.33. The van der Waals surface area contributed by atoms with E-state index in [9.17, 15) is 4.79 Å². The van der Waals surface area contributed by atoms with E-state index >= 15 is 0 Å². The molecule has 0 aliphatic carbocycles. The first kappa shape index (κ1) is 10.6. The van der Waals surface area contributed by atoms with E-state index in [0.29, 0.717) is 0 Å². The molecule has 0 fully saturated rings. The number of nitrogens with one attached hydrogen (secondary N) is 2. The minimum Gasteiger partial charge on any atom is -0.352 e. The third-order valence-corrected chi connectivity index (χ3v) is 2.62. The van der Waals surface area contributed by atoms with Crippen LogP contribution in [0.15, 0.2) is 41.9 Å². The second-order valence-corrected chi connectivity index (χ2v) is 4.00. The lowest BCUT2D eigenvalue weighted by Crippen LogP contribution is -2.21. The Morgan fingerprint density at radius 2 is 2.12 bits per heavy atom. The molecule has 0 saturated carbocycles. The molecule has 1 aromatic heterocycles. The summed E-state index contributed by atoms with van der Waals surface area (Å²) in [6, 6.07) is 9.36. The molecule has 5 heteroatoms. The van der Waals surface area contributed by atoms with Crippen LogP contribution in [0.3, 0.4) is 0 Å². The fourth-order valence-corrected chi connectivity index (χ4v) is 1.72. The van der Waals surface area contributed by atoms with Gasteiger partial charge in [-0.15, -0.1) is 11.3 Å². The molecular formula is C11H11N3OS. The summed E-state index contributed by atoms with van der Waals surface area (Å²) in [6.45, 7) is 0.225. The molecule has 0 saturated heterocycles. The highest BCUT2D eigenvalue weighted by atomic mass is 32.1. The normalized spacial score (nSPS) is 9.75. The van der Waals surface area contributed by atoms with Gasteiger partial charge in [0.1, 0.15) is 0 Å². The highest BCUT2D eigenvalue weighted by molar-refractivity contribution is 7.13. The number of aromatic nitrogens is 1. The third-order valence-electron chi connectivity index (χ3n) is 1.89. The summed E-state index contributed by atoms with van der Waals surface area (Å²) in [5.74, 6) is -0.0820. The van der Waals surface area contributed by atoms with Gasteiger partial charge in [0.25, 0.3) is 0 Å². The summed E-state index contributed by atoms with van der Waals surface area (Å²) in [6.07, 6.45) is 1.70. The van der Waals surface area contributed by atoms with Gasteiger partial charge in [0, 0.05) is 17.3 Å². The van der Waals surface area contributed by atoms with E-state index in [2.05, 4.69) is 15.6 Å². The van der Waals surface area contributed by atoms with E-state index in [4.69, 9.17) is 0 Å². The maximum absolute atomic E-state index is 11.5. The van der Waals surface area contributed by atoms with Crippen LogP contribution in [0.2, 0.25) is 0 Å². The lowest BCUT2D eigenvalue weighted by Gasteiger charge is -2.05. The van der Waals surface area contributed by atoms with Gasteiger partial charge in [-0.3, -0.25) is 4.79 Å². The van der Waals surface area contributed by atoms with Gasteiger partial charge in [0.15, 0.2) is 5.13 Å². The molecule has 2 N–H and O–H groups in total. The standard InChI is InChI=1S/C11H11N3OS/c15-10(8-13-11-12-6-7-16-11)14-9-4-2-1-3-5-9/h1-7H,8H2,(H,12,13)(H,14,15). The minimum absolute atomic E-state index is 0.0820. The number of anilines is 2. The fraction of sp³-hybridized carbons (Fsp3) is 0.0909. The molecule has 1 aromatic carbocycles. The first-order valence-electron chi connectivity index (χ1n) is 4.83. The molecule has 0 aliphatic rings. The van der Waals surface area contributed by atoms with Crippen LogP contribution in [0.5, 0.6) is 0 Å². The second-order valence-electron chi connectivity index (χ2n) is 3.11. The van der Waals surface area contributed by atoms with Gasteiger partial charge in [0.05, 0.1) is 6.54 Å². The Hall–Kier alpha value is -1.88. The van der Waals surface area contributed by atoms with E-state index < -0.39 is 0 Å². The number of thiazole rings is 1. The van der Waals surface area contributed by atoms with E-state index in [-0.39, 0.29) is 12.5 Å². The monoisotopic (exact) mass is 233 g/mol. The van der Waals surface area contributed by atoms with E-state index in [1.807, 2.05) is 35.7 Å². The van der Waals surface area contributed by atoms with Gasteiger partial charge in [-0.2, -0.15) is 0 Å². The number of hydrogen-bond donors (Lipinski definition) is 2. The van der Waals surface area contributed by atoms with Crippen molar-refractivity contribution in [2.75, 3.05) is 17.2 Å². The Balaban J connectivity index is 1.81. The Bertz CT molecular complexity index is 442. The first-order valence-corrected chi connectivity index (χ1v) is 5.71. The number of carbonyl (C=O) groups excluding carboxylic acids is 1. The van der Waals surface area contributed by atoms with Gasteiger partial charge >= 0.3 is 0 Å². The molecule has 0 spiro atoms. The van der Waals surface area contributed by atoms with Crippen molar-refractivity contribution in [3.63, 3.8) is 0 Å². The molecule has 4 nitrogen and oxygen atoms in total. The third kappa shape index (κ3) is 3.06. The Morgan fingerprint density at radius 1 is 1.31 bits per heavy atom. The van der Waals surface area contributed by atoms with Crippen molar-refractivity contribution < 1.29 is 4.79 Å². The van der Waals surface area contributed by atoms with Crippen LogP contribution < -0.4 is 10.6 Å². The largest absolute Gasteiger partial charge is 0.352 e. The van der Waals surface area contributed by atoms with E-state index in [1.165, 1.54) is 11.3 Å². The number of nitrogens with zero attached hydrogens (tertiary/aromatic N) is 1. The molecule has 2 rings (SSSR count). The molecule has 0 bridgehead atoms. The van der Waals surface area contributed by atoms with Gasteiger partial charge < -0.3 is 10.6 Å².